The molecule has 118 valence electrons. The van der Waals surface area contributed by atoms with E-state index in [9.17, 15) is 22.7 Å². The van der Waals surface area contributed by atoms with Gasteiger partial charge in [-0.25, -0.2) is 9.37 Å². The van der Waals surface area contributed by atoms with Gasteiger partial charge in [0.25, 0.3) is 0 Å². The number of alkyl halides is 3. The second-order valence-electron chi connectivity index (χ2n) is 4.74. The maximum absolute atomic E-state index is 13.7. The molecule has 2 aromatic rings. The molecule has 0 bridgehead atoms. The second-order valence-corrected chi connectivity index (χ2v) is 5.48. The third kappa shape index (κ3) is 3.19. The molecule has 2 rings (SSSR count). The average Bonchev–Trinajstić information content (AvgIpc) is 2.36. The highest BCUT2D eigenvalue weighted by atomic mass is 35.5. The van der Waals surface area contributed by atoms with Crippen molar-refractivity contribution >= 4 is 23.2 Å². The van der Waals surface area contributed by atoms with E-state index in [1.807, 2.05) is 0 Å². The molecule has 1 unspecified atom stereocenters. The van der Waals surface area contributed by atoms with Gasteiger partial charge in [-0.2, -0.15) is 13.2 Å². The van der Waals surface area contributed by atoms with Crippen LogP contribution < -0.4 is 0 Å². The lowest BCUT2D eigenvalue weighted by molar-refractivity contribution is -0.140. The molecule has 0 aliphatic carbocycles. The van der Waals surface area contributed by atoms with Crippen molar-refractivity contribution < 1.29 is 22.7 Å². The zero-order chi connectivity index (χ0) is 16.7. The minimum atomic E-state index is -4.81. The highest BCUT2D eigenvalue weighted by Gasteiger charge is 2.36. The van der Waals surface area contributed by atoms with Crippen LogP contribution in [0.25, 0.3) is 0 Å². The summed E-state index contributed by atoms with van der Waals surface area (Å²) in [7, 11) is 0. The van der Waals surface area contributed by atoms with E-state index in [1.54, 1.807) is 0 Å². The fourth-order valence-corrected chi connectivity index (χ4v) is 2.51. The predicted octanol–water partition coefficient (Wildman–Crippen LogP) is 4.80. The quantitative estimate of drug-likeness (QED) is 0.621. The molecule has 1 N–H and O–H groups in total. The fraction of sp³-hybridized carbons (Fsp3) is 0.214. The van der Waals surface area contributed by atoms with Gasteiger partial charge in [0.05, 0.1) is 5.56 Å². The minimum absolute atomic E-state index is 0.0862. The molecule has 1 aromatic carbocycles. The molecule has 1 atom stereocenters. The zero-order valence-electron chi connectivity index (χ0n) is 11.0. The lowest BCUT2D eigenvalue weighted by Crippen LogP contribution is -2.24. The van der Waals surface area contributed by atoms with E-state index in [0.717, 1.165) is 6.07 Å². The largest absolute Gasteiger partial charge is 0.419 e. The maximum atomic E-state index is 13.7. The Morgan fingerprint density at radius 2 is 1.64 bits per heavy atom. The van der Waals surface area contributed by atoms with Gasteiger partial charge in [0.2, 0.25) is 0 Å². The topological polar surface area (TPSA) is 33.1 Å². The van der Waals surface area contributed by atoms with Gasteiger partial charge in [0.15, 0.2) is 0 Å². The summed E-state index contributed by atoms with van der Waals surface area (Å²) in [6.07, 6.45) is -4.81. The number of pyridine rings is 1. The van der Waals surface area contributed by atoms with Crippen LogP contribution in [0, 0.1) is 5.82 Å². The van der Waals surface area contributed by atoms with E-state index < -0.39 is 23.2 Å². The first-order valence-electron chi connectivity index (χ1n) is 5.95. The SMILES string of the molecule is CC(O)(c1ccc(C(F)(F)F)c(F)c1)c1ccc(Cl)nc1Cl. The Balaban J connectivity index is 2.52. The van der Waals surface area contributed by atoms with Crippen molar-refractivity contribution in [2.45, 2.75) is 18.7 Å². The van der Waals surface area contributed by atoms with Crippen molar-refractivity contribution in [3.8, 4) is 0 Å². The summed E-state index contributed by atoms with van der Waals surface area (Å²) in [5, 5.41) is 10.5. The van der Waals surface area contributed by atoms with Crippen LogP contribution in [0.2, 0.25) is 10.3 Å². The summed E-state index contributed by atoms with van der Waals surface area (Å²) in [6, 6.07) is 4.89. The van der Waals surface area contributed by atoms with Crippen LogP contribution in [-0.4, -0.2) is 10.1 Å². The maximum Gasteiger partial charge on any atom is 0.419 e. The first-order chi connectivity index (χ1) is 10.0. The van der Waals surface area contributed by atoms with E-state index in [-0.39, 0.29) is 21.4 Å². The third-order valence-electron chi connectivity index (χ3n) is 3.18. The van der Waals surface area contributed by atoms with Gasteiger partial charge in [-0.1, -0.05) is 29.3 Å². The summed E-state index contributed by atoms with van der Waals surface area (Å²) in [5.74, 6) is -1.48. The summed E-state index contributed by atoms with van der Waals surface area (Å²) in [4.78, 5) is 3.74. The lowest BCUT2D eigenvalue weighted by Gasteiger charge is -2.25. The highest BCUT2D eigenvalue weighted by Crippen LogP contribution is 2.37. The average molecular weight is 354 g/mol. The number of hydrogen-bond donors (Lipinski definition) is 1. The fourth-order valence-electron chi connectivity index (χ4n) is 1.98. The number of hydrogen-bond acceptors (Lipinski definition) is 2. The van der Waals surface area contributed by atoms with Crippen LogP contribution in [0.5, 0.6) is 0 Å². The molecule has 0 aliphatic heterocycles. The monoisotopic (exact) mass is 353 g/mol. The van der Waals surface area contributed by atoms with Gasteiger partial charge in [-0.3, -0.25) is 0 Å². The van der Waals surface area contributed by atoms with Gasteiger partial charge in [0.1, 0.15) is 21.7 Å². The van der Waals surface area contributed by atoms with E-state index in [4.69, 9.17) is 23.2 Å². The molecule has 0 amide bonds. The van der Waals surface area contributed by atoms with E-state index >= 15 is 0 Å². The number of benzene rings is 1. The molecular formula is C14H9Cl2F4NO. The van der Waals surface area contributed by atoms with Gasteiger partial charge < -0.3 is 5.11 Å². The van der Waals surface area contributed by atoms with Crippen LogP contribution in [-0.2, 0) is 11.8 Å². The Bertz CT molecular complexity index is 716. The van der Waals surface area contributed by atoms with Gasteiger partial charge in [0, 0.05) is 5.56 Å². The van der Waals surface area contributed by atoms with Crippen LogP contribution in [0.15, 0.2) is 30.3 Å². The molecule has 8 heteroatoms. The molecule has 0 saturated carbocycles. The van der Waals surface area contributed by atoms with E-state index in [1.165, 1.54) is 19.1 Å². The Hall–Kier alpha value is -1.37. The molecule has 22 heavy (non-hydrogen) atoms. The summed E-state index contributed by atoms with van der Waals surface area (Å²) >= 11 is 11.5. The van der Waals surface area contributed by atoms with E-state index in [0.29, 0.717) is 12.1 Å². The number of halogens is 6. The van der Waals surface area contributed by atoms with Gasteiger partial charge in [-0.05, 0) is 36.8 Å². The van der Waals surface area contributed by atoms with Crippen LogP contribution in [0.4, 0.5) is 17.6 Å². The van der Waals surface area contributed by atoms with Crippen molar-refractivity contribution in [3.63, 3.8) is 0 Å². The first-order valence-corrected chi connectivity index (χ1v) is 6.71. The molecule has 0 saturated heterocycles. The van der Waals surface area contributed by atoms with Crippen molar-refractivity contribution in [2.24, 2.45) is 0 Å². The van der Waals surface area contributed by atoms with Crippen molar-refractivity contribution in [1.82, 2.24) is 4.98 Å². The lowest BCUT2D eigenvalue weighted by atomic mass is 9.88. The molecule has 0 radical (unpaired) electrons. The molecule has 1 aromatic heterocycles. The Kier molecular flexibility index (Phi) is 4.39. The number of aromatic nitrogens is 1. The summed E-state index contributed by atoms with van der Waals surface area (Å²) < 4.78 is 51.3. The van der Waals surface area contributed by atoms with Gasteiger partial charge in [-0.15, -0.1) is 0 Å². The second kappa shape index (κ2) is 5.68. The minimum Gasteiger partial charge on any atom is -0.381 e. The van der Waals surface area contributed by atoms with Crippen molar-refractivity contribution in [3.05, 3.63) is 63.1 Å². The first kappa shape index (κ1) is 17.0. The van der Waals surface area contributed by atoms with E-state index in [2.05, 4.69) is 4.98 Å². The van der Waals surface area contributed by atoms with Crippen molar-refractivity contribution in [2.75, 3.05) is 0 Å². The molecular weight excluding hydrogens is 345 g/mol. The van der Waals surface area contributed by atoms with Crippen LogP contribution in [0.1, 0.15) is 23.6 Å². The standard InChI is InChI=1S/C14H9Cl2F4NO/c1-13(22,9-4-5-11(15)21-12(9)16)7-2-3-8(10(17)6-7)14(18,19)20/h2-6,22H,1H3. The molecule has 0 fully saturated rings. The molecule has 0 aliphatic rings. The molecule has 1 heterocycles. The summed E-state index contributed by atoms with van der Waals surface area (Å²) in [6.45, 7) is 1.27. The summed E-state index contributed by atoms with van der Waals surface area (Å²) in [5.41, 5.74) is -3.24. The Labute approximate surface area is 133 Å². The molecule has 0 spiro atoms. The normalized spacial score (nSPS) is 14.7. The number of nitrogens with zero attached hydrogens (tertiary/aromatic N) is 1. The van der Waals surface area contributed by atoms with Crippen LogP contribution >= 0.6 is 23.2 Å². The highest BCUT2D eigenvalue weighted by molar-refractivity contribution is 6.32. The van der Waals surface area contributed by atoms with Crippen LogP contribution in [0.3, 0.4) is 0 Å². The van der Waals surface area contributed by atoms with Crippen molar-refractivity contribution in [1.29, 1.82) is 0 Å². The predicted molar refractivity (Wildman–Crippen MR) is 74.3 cm³/mol. The molecule has 2 nitrogen and oxygen atoms in total. The number of aliphatic hydroxyl groups is 1. The number of rotatable bonds is 2. The zero-order valence-corrected chi connectivity index (χ0v) is 12.6. The third-order valence-corrected chi connectivity index (χ3v) is 3.67. The Morgan fingerprint density at radius 3 is 2.14 bits per heavy atom. The van der Waals surface area contributed by atoms with Gasteiger partial charge >= 0.3 is 6.18 Å². The Morgan fingerprint density at radius 1 is 1.05 bits per heavy atom. The smallest absolute Gasteiger partial charge is 0.381 e.